The smallest absolute Gasteiger partial charge is 0.275 e. The third-order valence-electron chi connectivity index (χ3n) is 4.82. The molecular formula is C20H10BF14-. The largest absolute Gasteiger partial charge is 0.435 e. The van der Waals surface area contributed by atoms with Crippen LogP contribution in [0.4, 0.5) is 61.5 Å². The van der Waals surface area contributed by atoms with Crippen LogP contribution in [0.3, 0.4) is 0 Å². The van der Waals surface area contributed by atoms with Crippen molar-refractivity contribution in [3.05, 3.63) is 65.7 Å². The van der Waals surface area contributed by atoms with E-state index >= 15 is 0 Å². The monoisotopic (exact) mass is 527 g/mol. The fourth-order valence-corrected chi connectivity index (χ4v) is 3.03. The maximum Gasteiger partial charge on any atom is 0.435 e. The molecule has 2 rings (SSSR count). The normalized spacial score (nSPS) is 14.2. The van der Waals surface area contributed by atoms with Gasteiger partial charge in [0.1, 0.15) is 0 Å². The van der Waals surface area contributed by atoms with E-state index < -0.39 is 58.7 Å². The predicted molar refractivity (Wildman–Crippen MR) is 97.8 cm³/mol. The lowest BCUT2D eigenvalue weighted by Crippen LogP contribution is -2.53. The highest BCUT2D eigenvalue weighted by Gasteiger charge is 2.76. The second-order valence-corrected chi connectivity index (χ2v) is 7.17. The first kappa shape index (κ1) is 28.5. The van der Waals surface area contributed by atoms with E-state index in [9.17, 15) is 61.5 Å². The Morgan fingerprint density at radius 1 is 0.514 bits per heavy atom. The van der Waals surface area contributed by atoms with Gasteiger partial charge < -0.3 is 0 Å². The summed E-state index contributed by atoms with van der Waals surface area (Å²) in [6, 6.07) is 3.18. The molecule has 0 atom stereocenters. The van der Waals surface area contributed by atoms with Crippen molar-refractivity contribution in [3.63, 3.8) is 0 Å². The summed E-state index contributed by atoms with van der Waals surface area (Å²) in [5, 5.41) is 0. The summed E-state index contributed by atoms with van der Waals surface area (Å²) < 4.78 is 187. The van der Waals surface area contributed by atoms with Crippen LogP contribution in [-0.2, 0) is 11.3 Å². The molecule has 0 aliphatic heterocycles. The van der Waals surface area contributed by atoms with E-state index in [4.69, 9.17) is 0 Å². The molecule has 2 aromatic carbocycles. The zero-order valence-corrected chi connectivity index (χ0v) is 16.7. The highest BCUT2D eigenvalue weighted by atomic mass is 19.4. The van der Waals surface area contributed by atoms with Gasteiger partial charge in [0, 0.05) is 11.1 Å². The molecule has 0 spiro atoms. The Bertz CT molecular complexity index is 973. The van der Waals surface area contributed by atoms with Crippen molar-refractivity contribution in [3.8, 4) is 0 Å². The molecule has 0 fully saturated rings. The Morgan fingerprint density at radius 3 is 1.14 bits per heavy atom. The van der Waals surface area contributed by atoms with Crippen LogP contribution in [0.1, 0.15) is 16.7 Å². The Morgan fingerprint density at radius 2 is 0.857 bits per heavy atom. The Kier molecular flexibility index (Phi) is 7.11. The summed E-state index contributed by atoms with van der Waals surface area (Å²) >= 11 is 0. The van der Waals surface area contributed by atoms with E-state index in [1.165, 1.54) is 18.2 Å². The predicted octanol–water partition coefficient (Wildman–Crippen LogP) is 6.56. The van der Waals surface area contributed by atoms with Crippen LogP contribution in [0.2, 0.25) is 0 Å². The maximum atomic E-state index is 14.6. The second-order valence-electron chi connectivity index (χ2n) is 7.17. The summed E-state index contributed by atoms with van der Waals surface area (Å²) in [4.78, 5) is 0. The third kappa shape index (κ3) is 4.99. The molecular weight excluding hydrogens is 517 g/mol. The highest BCUT2D eigenvalue weighted by Crippen LogP contribution is 2.56. The van der Waals surface area contributed by atoms with Gasteiger partial charge in [-0.25, -0.2) is 8.78 Å². The first-order valence-electron chi connectivity index (χ1n) is 8.97. The molecule has 2 aromatic rings. The average molecular weight is 527 g/mol. The second kappa shape index (κ2) is 8.73. The van der Waals surface area contributed by atoms with Gasteiger partial charge in [0.2, 0.25) is 0 Å². The number of halogens is 14. The summed E-state index contributed by atoms with van der Waals surface area (Å²) in [6.45, 7) is 3.39. The molecule has 0 bridgehead atoms. The van der Waals surface area contributed by atoms with Crippen LogP contribution in [0.5, 0.6) is 0 Å². The molecule has 2 radical (unpaired) electrons. The fourth-order valence-electron chi connectivity index (χ4n) is 3.03. The van der Waals surface area contributed by atoms with Crippen molar-refractivity contribution in [1.82, 2.24) is 0 Å². The minimum Gasteiger partial charge on any atom is -0.275 e. The fraction of sp³-hybridized carbons (Fsp3) is 0.300. The molecule has 0 heterocycles. The van der Waals surface area contributed by atoms with Gasteiger partial charge in [-0.1, -0.05) is 36.9 Å². The van der Waals surface area contributed by atoms with Gasteiger partial charge >= 0.3 is 36.0 Å². The molecule has 0 saturated heterocycles. The Hall–Kier alpha value is -2.74. The van der Waals surface area contributed by atoms with Crippen LogP contribution in [-0.4, -0.2) is 32.0 Å². The van der Waals surface area contributed by atoms with Gasteiger partial charge in [0.15, 0.2) is 0 Å². The molecule has 0 amide bonds. The van der Waals surface area contributed by atoms with Crippen molar-refractivity contribution in [2.75, 3.05) is 0 Å². The summed E-state index contributed by atoms with van der Waals surface area (Å²) in [5.74, 6) is 0. The molecule has 0 N–H and O–H groups in total. The van der Waals surface area contributed by atoms with E-state index in [-0.39, 0.29) is 17.6 Å². The van der Waals surface area contributed by atoms with E-state index in [1.54, 1.807) is 0 Å². The zero-order chi connectivity index (χ0) is 27.3. The van der Waals surface area contributed by atoms with Gasteiger partial charge in [-0.05, 0) is 11.6 Å². The number of hydrogen-bond acceptors (Lipinski definition) is 0. The molecule has 0 aromatic heterocycles. The molecule has 0 nitrogen and oxygen atoms in total. The minimum absolute atomic E-state index is 0.148. The van der Waals surface area contributed by atoms with Gasteiger partial charge in [-0.2, -0.15) is 52.7 Å². The molecule has 192 valence electrons. The molecule has 0 unspecified atom stereocenters. The molecule has 0 saturated carbocycles. The molecule has 0 aliphatic carbocycles. The maximum absolute atomic E-state index is 14.6. The van der Waals surface area contributed by atoms with Gasteiger partial charge in [-0.3, -0.25) is 18.2 Å². The lowest BCUT2D eigenvalue weighted by Gasteiger charge is -2.35. The molecule has 15 heteroatoms. The van der Waals surface area contributed by atoms with Crippen LogP contribution in [0.15, 0.2) is 49.0 Å². The van der Waals surface area contributed by atoms with Crippen molar-refractivity contribution >= 4 is 24.3 Å². The van der Waals surface area contributed by atoms with Crippen molar-refractivity contribution in [2.24, 2.45) is 0 Å². The topological polar surface area (TPSA) is 0 Å². The summed E-state index contributed by atoms with van der Waals surface area (Å²) in [7, 11) is 0.542. The standard InChI is InChI=1S/C20H10BF14/c1-2-10-3-5-13(6-4-10)21-14-8-11(15(22,17(24,25)26)18(27,28)29)7-12(9-14)16(23,19(30,31)32)20(33,34)35/h2-9H,1H2/q-1. The van der Waals surface area contributed by atoms with Crippen molar-refractivity contribution in [1.29, 1.82) is 0 Å². The van der Waals surface area contributed by atoms with E-state index in [2.05, 4.69) is 6.58 Å². The average Bonchev–Trinajstić information content (AvgIpc) is 2.69. The third-order valence-corrected chi connectivity index (χ3v) is 4.82. The van der Waals surface area contributed by atoms with Crippen molar-refractivity contribution < 1.29 is 61.5 Å². The Labute approximate surface area is 188 Å². The number of benzene rings is 2. The van der Waals surface area contributed by atoms with Crippen molar-refractivity contribution in [2.45, 2.75) is 36.0 Å². The lowest BCUT2D eigenvalue weighted by molar-refractivity contribution is -0.350. The number of rotatable bonds is 5. The van der Waals surface area contributed by atoms with Gasteiger partial charge in [-0.15, -0.1) is 12.1 Å². The van der Waals surface area contributed by atoms with E-state index in [1.807, 2.05) is 0 Å². The van der Waals surface area contributed by atoms with E-state index in [0.717, 1.165) is 12.1 Å². The van der Waals surface area contributed by atoms with Gasteiger partial charge in [0.25, 0.3) is 0 Å². The molecule has 0 aliphatic rings. The first-order chi connectivity index (χ1) is 15.6. The lowest BCUT2D eigenvalue weighted by atomic mass is 9.62. The van der Waals surface area contributed by atoms with Crippen LogP contribution in [0, 0.1) is 0 Å². The minimum atomic E-state index is -6.89. The summed E-state index contributed by atoms with van der Waals surface area (Å²) in [6.07, 6.45) is -26.2. The number of alkyl halides is 14. The van der Waals surface area contributed by atoms with Crippen LogP contribution < -0.4 is 10.9 Å². The van der Waals surface area contributed by atoms with E-state index in [0.29, 0.717) is 12.8 Å². The zero-order valence-electron chi connectivity index (χ0n) is 16.7. The molecule has 35 heavy (non-hydrogen) atoms. The Balaban J connectivity index is 2.91. The highest BCUT2D eigenvalue weighted by molar-refractivity contribution is 6.67. The SMILES string of the molecule is C=Cc1ccc([B-]c2cc(C(F)(C(F)(F)F)C(F)(F)F)cc(C(F)(C(F)(F)F)C(F)(F)F)c2)cc1. The van der Waals surface area contributed by atoms with Crippen LogP contribution in [0.25, 0.3) is 6.08 Å². The van der Waals surface area contributed by atoms with Gasteiger partial charge in [0.05, 0.1) is 0 Å². The number of hydrogen-bond donors (Lipinski definition) is 0. The van der Waals surface area contributed by atoms with Crippen LogP contribution >= 0.6 is 0 Å². The first-order valence-corrected chi connectivity index (χ1v) is 8.97. The quantitative estimate of drug-likeness (QED) is 0.305. The summed E-state index contributed by atoms with van der Waals surface area (Å²) in [5.41, 5.74) is -19.2.